The Kier molecular flexibility index (Phi) is 4.48. The number of hydrogen-bond acceptors (Lipinski definition) is 3. The van der Waals surface area contributed by atoms with Gasteiger partial charge < -0.3 is 15.7 Å². The highest BCUT2D eigenvalue weighted by atomic mass is 79.9. The molecule has 0 bridgehead atoms. The van der Waals surface area contributed by atoms with Crippen LogP contribution >= 0.6 is 15.9 Å². The maximum atomic E-state index is 13.2. The van der Waals surface area contributed by atoms with Crippen molar-refractivity contribution in [1.82, 2.24) is 0 Å². The van der Waals surface area contributed by atoms with Crippen molar-refractivity contribution < 1.29 is 18.7 Å². The highest BCUT2D eigenvalue weighted by Crippen LogP contribution is 2.25. The van der Waals surface area contributed by atoms with Crippen molar-refractivity contribution in [3.05, 3.63) is 28.2 Å². The van der Waals surface area contributed by atoms with Crippen molar-refractivity contribution in [1.29, 1.82) is 0 Å². The van der Waals surface area contributed by atoms with E-state index in [2.05, 4.69) is 21.1 Å². The summed E-state index contributed by atoms with van der Waals surface area (Å²) in [5.41, 5.74) is 5.18. The number of nitrogens with zero attached hydrogens (tertiary/aromatic N) is 1. The largest absolute Gasteiger partial charge is 0.490 e. The van der Waals surface area contributed by atoms with Crippen molar-refractivity contribution >= 4 is 21.8 Å². The summed E-state index contributed by atoms with van der Waals surface area (Å²) in [7, 11) is 0. The Labute approximate surface area is 98.8 Å². The zero-order valence-corrected chi connectivity index (χ0v) is 9.67. The predicted molar refractivity (Wildman–Crippen MR) is 57.6 cm³/mol. The Hall–Kier alpha value is -1.37. The summed E-state index contributed by atoms with van der Waals surface area (Å²) in [4.78, 5) is 0. The van der Waals surface area contributed by atoms with Crippen LogP contribution < -0.4 is 10.5 Å². The molecular weight excluding hydrogens is 286 g/mol. The molecule has 7 heteroatoms. The number of amidine groups is 1. The van der Waals surface area contributed by atoms with Gasteiger partial charge in [-0.2, -0.15) is 4.39 Å². The second-order valence-electron chi connectivity index (χ2n) is 2.89. The van der Waals surface area contributed by atoms with Crippen LogP contribution in [0.2, 0.25) is 0 Å². The van der Waals surface area contributed by atoms with Crippen LogP contribution in [0.4, 0.5) is 8.78 Å². The molecule has 0 saturated carbocycles. The number of ether oxygens (including phenoxy) is 1. The zero-order chi connectivity index (χ0) is 12.1. The summed E-state index contributed by atoms with van der Waals surface area (Å²) >= 11 is 3.01. The topological polar surface area (TPSA) is 67.8 Å². The van der Waals surface area contributed by atoms with E-state index in [1.165, 1.54) is 6.07 Å². The summed E-state index contributed by atoms with van der Waals surface area (Å²) in [5.74, 6) is -2.34. The molecule has 1 aromatic carbocycles. The monoisotopic (exact) mass is 294 g/mol. The first-order chi connectivity index (χ1) is 7.54. The number of benzene rings is 1. The summed E-state index contributed by atoms with van der Waals surface area (Å²) in [6.07, 6.45) is 0.115. The third-order valence-electron chi connectivity index (χ3n) is 1.70. The van der Waals surface area contributed by atoms with Gasteiger partial charge in [0.15, 0.2) is 11.6 Å². The Morgan fingerprint density at radius 2 is 2.19 bits per heavy atom. The van der Waals surface area contributed by atoms with Crippen LogP contribution in [0, 0.1) is 11.6 Å². The molecule has 0 fully saturated rings. The molecular formula is C9H9BrF2N2O2. The van der Waals surface area contributed by atoms with E-state index in [-0.39, 0.29) is 24.6 Å². The number of hydrogen-bond donors (Lipinski definition) is 2. The van der Waals surface area contributed by atoms with E-state index in [0.29, 0.717) is 4.47 Å². The van der Waals surface area contributed by atoms with Gasteiger partial charge >= 0.3 is 0 Å². The second-order valence-corrected chi connectivity index (χ2v) is 3.81. The Bertz CT molecular complexity index is 413. The summed E-state index contributed by atoms with van der Waals surface area (Å²) in [5, 5.41) is 11.0. The van der Waals surface area contributed by atoms with Crippen LogP contribution in [0.3, 0.4) is 0 Å². The minimum Gasteiger partial charge on any atom is -0.490 e. The number of oxime groups is 1. The molecule has 0 spiro atoms. The first-order valence-electron chi connectivity index (χ1n) is 4.28. The highest BCUT2D eigenvalue weighted by molar-refractivity contribution is 9.10. The normalized spacial score (nSPS) is 11.6. The van der Waals surface area contributed by atoms with Crippen LogP contribution in [0.15, 0.2) is 21.8 Å². The lowest BCUT2D eigenvalue weighted by molar-refractivity contribution is 0.294. The molecule has 1 aromatic rings. The van der Waals surface area contributed by atoms with Gasteiger partial charge in [-0.05, 0) is 12.1 Å². The maximum Gasteiger partial charge on any atom is 0.200 e. The number of nitrogens with two attached hydrogens (primary N) is 1. The van der Waals surface area contributed by atoms with Gasteiger partial charge in [0.25, 0.3) is 0 Å². The molecule has 1 rings (SSSR count). The van der Waals surface area contributed by atoms with Crippen molar-refractivity contribution in [2.24, 2.45) is 10.9 Å². The fourth-order valence-electron chi connectivity index (χ4n) is 0.953. The molecule has 0 aliphatic carbocycles. The zero-order valence-electron chi connectivity index (χ0n) is 8.08. The van der Waals surface area contributed by atoms with Gasteiger partial charge in [-0.1, -0.05) is 21.1 Å². The van der Waals surface area contributed by atoms with E-state index < -0.39 is 11.6 Å². The van der Waals surface area contributed by atoms with Gasteiger partial charge in [-0.25, -0.2) is 4.39 Å². The second kappa shape index (κ2) is 5.64. The van der Waals surface area contributed by atoms with E-state index in [1.54, 1.807) is 0 Å². The van der Waals surface area contributed by atoms with Gasteiger partial charge in [0, 0.05) is 10.9 Å². The summed E-state index contributed by atoms with van der Waals surface area (Å²) in [6, 6.07) is 2.29. The van der Waals surface area contributed by atoms with Gasteiger partial charge in [0.05, 0.1) is 6.61 Å². The van der Waals surface area contributed by atoms with E-state index in [4.69, 9.17) is 15.7 Å². The smallest absolute Gasteiger partial charge is 0.200 e. The fraction of sp³-hybridized carbons (Fsp3) is 0.222. The van der Waals surface area contributed by atoms with Gasteiger partial charge in [0.2, 0.25) is 5.82 Å². The molecule has 0 amide bonds. The lowest BCUT2D eigenvalue weighted by Gasteiger charge is -2.07. The van der Waals surface area contributed by atoms with Crippen LogP contribution in [-0.2, 0) is 0 Å². The maximum absolute atomic E-state index is 13.2. The molecule has 4 nitrogen and oxygen atoms in total. The third kappa shape index (κ3) is 3.34. The van der Waals surface area contributed by atoms with E-state index in [0.717, 1.165) is 6.07 Å². The molecule has 88 valence electrons. The molecule has 0 heterocycles. The average molecular weight is 295 g/mol. The first-order valence-corrected chi connectivity index (χ1v) is 5.07. The fourth-order valence-corrected chi connectivity index (χ4v) is 1.36. The van der Waals surface area contributed by atoms with Crippen molar-refractivity contribution in [2.75, 3.05) is 6.61 Å². The van der Waals surface area contributed by atoms with E-state index >= 15 is 0 Å². The minimum absolute atomic E-state index is 0.0112. The number of rotatable bonds is 4. The first kappa shape index (κ1) is 12.7. The number of halogens is 3. The molecule has 0 atom stereocenters. The molecule has 0 radical (unpaired) electrons. The van der Waals surface area contributed by atoms with Crippen LogP contribution in [-0.4, -0.2) is 17.6 Å². The highest BCUT2D eigenvalue weighted by Gasteiger charge is 2.11. The molecule has 0 saturated heterocycles. The average Bonchev–Trinajstić information content (AvgIpc) is 2.24. The minimum atomic E-state index is -1.07. The SMILES string of the molecule is N/C(CCOc1cc(Br)cc(F)c1F)=N/O. The third-order valence-corrected chi connectivity index (χ3v) is 2.16. The van der Waals surface area contributed by atoms with Gasteiger partial charge in [0.1, 0.15) is 5.84 Å². The molecule has 16 heavy (non-hydrogen) atoms. The Morgan fingerprint density at radius 3 is 2.81 bits per heavy atom. The van der Waals surface area contributed by atoms with Crippen molar-refractivity contribution in [3.8, 4) is 5.75 Å². The lowest BCUT2D eigenvalue weighted by atomic mass is 10.3. The lowest BCUT2D eigenvalue weighted by Crippen LogP contribution is -2.15. The van der Waals surface area contributed by atoms with Crippen LogP contribution in [0.1, 0.15) is 6.42 Å². The van der Waals surface area contributed by atoms with Crippen molar-refractivity contribution in [3.63, 3.8) is 0 Å². The molecule has 0 aliphatic rings. The molecule has 0 aromatic heterocycles. The van der Waals surface area contributed by atoms with Crippen molar-refractivity contribution in [2.45, 2.75) is 6.42 Å². The van der Waals surface area contributed by atoms with E-state index in [9.17, 15) is 8.78 Å². The van der Waals surface area contributed by atoms with Crippen LogP contribution in [0.5, 0.6) is 5.75 Å². The molecule has 0 unspecified atom stereocenters. The quantitative estimate of drug-likeness (QED) is 0.294. The Morgan fingerprint density at radius 1 is 1.50 bits per heavy atom. The summed E-state index contributed by atoms with van der Waals surface area (Å²) < 4.78 is 31.4. The summed E-state index contributed by atoms with van der Waals surface area (Å²) in [6.45, 7) is -0.0112. The van der Waals surface area contributed by atoms with Crippen LogP contribution in [0.25, 0.3) is 0 Å². The molecule has 0 aliphatic heterocycles. The molecule has 3 N–H and O–H groups in total. The standard InChI is InChI=1S/C9H9BrF2N2O2/c10-5-3-6(11)9(12)7(4-5)16-2-1-8(13)14-15/h3-4,15H,1-2H2,(H2,13,14). The predicted octanol–water partition coefficient (Wildman–Crippen LogP) is 2.24. The van der Waals surface area contributed by atoms with Gasteiger partial charge in [-0.15, -0.1) is 0 Å². The Balaban J connectivity index is 2.67. The van der Waals surface area contributed by atoms with E-state index in [1.807, 2.05) is 0 Å². The van der Waals surface area contributed by atoms with Gasteiger partial charge in [-0.3, -0.25) is 0 Å².